The SMILES string of the molecule is CCOC(=O)CCc1cccnc1-c1cc(OC)c(OC)c(OC)c1. The summed E-state index contributed by atoms with van der Waals surface area (Å²) in [6.07, 6.45) is 2.56. The summed E-state index contributed by atoms with van der Waals surface area (Å²) in [5.41, 5.74) is 2.55. The van der Waals surface area contributed by atoms with Gasteiger partial charge in [0.05, 0.1) is 33.6 Å². The maximum absolute atomic E-state index is 11.6. The summed E-state index contributed by atoms with van der Waals surface area (Å²) in [4.78, 5) is 16.1. The molecule has 0 aliphatic heterocycles. The lowest BCUT2D eigenvalue weighted by Crippen LogP contribution is -2.06. The van der Waals surface area contributed by atoms with Crippen molar-refractivity contribution in [2.24, 2.45) is 0 Å². The van der Waals surface area contributed by atoms with Crippen LogP contribution in [0, 0.1) is 0 Å². The maximum atomic E-state index is 11.6. The predicted octanol–water partition coefficient (Wildman–Crippen LogP) is 3.27. The maximum Gasteiger partial charge on any atom is 0.306 e. The third-order valence-corrected chi connectivity index (χ3v) is 3.73. The van der Waals surface area contributed by atoms with Crippen LogP contribution >= 0.6 is 0 Å². The Balaban J connectivity index is 2.40. The molecule has 0 saturated heterocycles. The highest BCUT2D eigenvalue weighted by molar-refractivity contribution is 5.73. The highest BCUT2D eigenvalue weighted by atomic mass is 16.5. The van der Waals surface area contributed by atoms with Crippen LogP contribution in [0.2, 0.25) is 0 Å². The van der Waals surface area contributed by atoms with Crippen molar-refractivity contribution in [2.75, 3.05) is 27.9 Å². The van der Waals surface area contributed by atoms with E-state index >= 15 is 0 Å². The molecule has 0 saturated carbocycles. The first kappa shape index (κ1) is 18.6. The molecule has 25 heavy (non-hydrogen) atoms. The van der Waals surface area contributed by atoms with Crippen molar-refractivity contribution >= 4 is 5.97 Å². The minimum Gasteiger partial charge on any atom is -0.493 e. The number of esters is 1. The fourth-order valence-electron chi connectivity index (χ4n) is 2.59. The molecule has 6 heteroatoms. The Morgan fingerprint density at radius 2 is 1.76 bits per heavy atom. The molecule has 6 nitrogen and oxygen atoms in total. The molecule has 1 aromatic carbocycles. The first-order valence-corrected chi connectivity index (χ1v) is 8.04. The smallest absolute Gasteiger partial charge is 0.306 e. The zero-order chi connectivity index (χ0) is 18.2. The molecule has 1 aromatic heterocycles. The van der Waals surface area contributed by atoms with Gasteiger partial charge in [0, 0.05) is 18.2 Å². The van der Waals surface area contributed by atoms with Crippen LogP contribution in [-0.2, 0) is 16.0 Å². The molecule has 134 valence electrons. The van der Waals surface area contributed by atoms with E-state index in [1.807, 2.05) is 24.3 Å². The normalized spacial score (nSPS) is 10.2. The standard InChI is InChI=1S/C19H23NO5/c1-5-25-17(21)9-8-13-7-6-10-20-18(13)14-11-15(22-2)19(24-4)16(12-14)23-3/h6-7,10-12H,5,8-9H2,1-4H3. The minimum atomic E-state index is -0.220. The molecule has 0 amide bonds. The van der Waals surface area contributed by atoms with Crippen molar-refractivity contribution in [3.8, 4) is 28.5 Å². The monoisotopic (exact) mass is 345 g/mol. The highest BCUT2D eigenvalue weighted by Crippen LogP contribution is 2.41. The van der Waals surface area contributed by atoms with E-state index in [0.29, 0.717) is 36.7 Å². The fraction of sp³-hybridized carbons (Fsp3) is 0.368. The predicted molar refractivity (Wildman–Crippen MR) is 94.3 cm³/mol. The number of benzene rings is 1. The summed E-state index contributed by atoms with van der Waals surface area (Å²) in [6.45, 7) is 2.18. The van der Waals surface area contributed by atoms with Crippen LogP contribution < -0.4 is 14.2 Å². The van der Waals surface area contributed by atoms with E-state index in [0.717, 1.165) is 16.8 Å². The van der Waals surface area contributed by atoms with E-state index in [-0.39, 0.29) is 5.97 Å². The van der Waals surface area contributed by atoms with Gasteiger partial charge in [0.15, 0.2) is 11.5 Å². The van der Waals surface area contributed by atoms with Gasteiger partial charge in [-0.2, -0.15) is 0 Å². The van der Waals surface area contributed by atoms with Crippen molar-refractivity contribution in [3.05, 3.63) is 36.0 Å². The van der Waals surface area contributed by atoms with E-state index in [9.17, 15) is 4.79 Å². The fourth-order valence-corrected chi connectivity index (χ4v) is 2.59. The molecule has 0 bridgehead atoms. The number of pyridine rings is 1. The van der Waals surface area contributed by atoms with Crippen LogP contribution in [-0.4, -0.2) is 38.9 Å². The number of hydrogen-bond acceptors (Lipinski definition) is 6. The summed E-state index contributed by atoms with van der Waals surface area (Å²) in [7, 11) is 4.70. The Bertz CT molecular complexity index is 704. The minimum absolute atomic E-state index is 0.220. The molecule has 0 unspecified atom stereocenters. The van der Waals surface area contributed by atoms with Gasteiger partial charge in [-0.05, 0) is 37.1 Å². The van der Waals surface area contributed by atoms with E-state index in [1.165, 1.54) is 0 Å². The van der Waals surface area contributed by atoms with Gasteiger partial charge in [0.1, 0.15) is 0 Å². The lowest BCUT2D eigenvalue weighted by atomic mass is 10.0. The van der Waals surface area contributed by atoms with Crippen LogP contribution in [0.5, 0.6) is 17.2 Å². The molecule has 0 atom stereocenters. The number of methoxy groups -OCH3 is 3. The van der Waals surface area contributed by atoms with E-state index in [1.54, 1.807) is 34.4 Å². The Kier molecular flexibility index (Phi) is 6.62. The van der Waals surface area contributed by atoms with Crippen LogP contribution in [0.25, 0.3) is 11.3 Å². The largest absolute Gasteiger partial charge is 0.493 e. The molecule has 2 rings (SSSR count). The van der Waals surface area contributed by atoms with Crippen LogP contribution in [0.1, 0.15) is 18.9 Å². The summed E-state index contributed by atoms with van der Waals surface area (Å²) in [5, 5.41) is 0. The first-order valence-electron chi connectivity index (χ1n) is 8.04. The van der Waals surface area contributed by atoms with Gasteiger partial charge in [0.2, 0.25) is 5.75 Å². The number of rotatable bonds is 8. The van der Waals surface area contributed by atoms with E-state index in [2.05, 4.69) is 4.98 Å². The van der Waals surface area contributed by atoms with E-state index in [4.69, 9.17) is 18.9 Å². The lowest BCUT2D eigenvalue weighted by molar-refractivity contribution is -0.143. The second kappa shape index (κ2) is 8.92. The first-order chi connectivity index (χ1) is 12.1. The molecule has 0 N–H and O–H groups in total. The Morgan fingerprint density at radius 1 is 1.08 bits per heavy atom. The van der Waals surface area contributed by atoms with Gasteiger partial charge in [-0.15, -0.1) is 0 Å². The molecule has 0 fully saturated rings. The molecular weight excluding hydrogens is 322 g/mol. The number of carbonyl (C=O) groups is 1. The number of aromatic nitrogens is 1. The average Bonchev–Trinajstić information content (AvgIpc) is 2.65. The van der Waals surface area contributed by atoms with Gasteiger partial charge in [0.25, 0.3) is 0 Å². The molecule has 0 spiro atoms. The highest BCUT2D eigenvalue weighted by Gasteiger charge is 2.17. The zero-order valence-electron chi connectivity index (χ0n) is 15.0. The van der Waals surface area contributed by atoms with Crippen LogP contribution in [0.4, 0.5) is 0 Å². The molecule has 0 radical (unpaired) electrons. The van der Waals surface area contributed by atoms with Crippen LogP contribution in [0.3, 0.4) is 0 Å². The molecule has 0 aliphatic carbocycles. The van der Waals surface area contributed by atoms with Crippen molar-refractivity contribution in [2.45, 2.75) is 19.8 Å². The summed E-state index contributed by atoms with van der Waals surface area (Å²) in [6, 6.07) is 7.49. The summed E-state index contributed by atoms with van der Waals surface area (Å²) in [5.74, 6) is 1.41. The third-order valence-electron chi connectivity index (χ3n) is 3.73. The van der Waals surface area contributed by atoms with Crippen molar-refractivity contribution < 1.29 is 23.7 Å². The van der Waals surface area contributed by atoms with E-state index < -0.39 is 0 Å². The molecule has 1 heterocycles. The van der Waals surface area contributed by atoms with Crippen LogP contribution in [0.15, 0.2) is 30.5 Å². The third kappa shape index (κ3) is 4.41. The average molecular weight is 345 g/mol. The summed E-state index contributed by atoms with van der Waals surface area (Å²) < 4.78 is 21.2. The molecule has 0 aliphatic rings. The van der Waals surface area contributed by atoms with Gasteiger partial charge in [-0.1, -0.05) is 6.07 Å². The Hall–Kier alpha value is -2.76. The number of hydrogen-bond donors (Lipinski definition) is 0. The second-order valence-corrected chi connectivity index (χ2v) is 5.23. The second-order valence-electron chi connectivity index (χ2n) is 5.23. The van der Waals surface area contributed by atoms with Crippen molar-refractivity contribution in [1.82, 2.24) is 4.98 Å². The molecule has 2 aromatic rings. The van der Waals surface area contributed by atoms with Gasteiger partial charge < -0.3 is 18.9 Å². The number of ether oxygens (including phenoxy) is 4. The molecular formula is C19H23NO5. The Morgan fingerprint density at radius 3 is 2.32 bits per heavy atom. The topological polar surface area (TPSA) is 66.9 Å². The number of nitrogens with zero attached hydrogens (tertiary/aromatic N) is 1. The number of carbonyl (C=O) groups excluding carboxylic acids is 1. The van der Waals surface area contributed by atoms with Crippen molar-refractivity contribution in [3.63, 3.8) is 0 Å². The Labute approximate surface area is 147 Å². The lowest BCUT2D eigenvalue weighted by Gasteiger charge is -2.15. The van der Waals surface area contributed by atoms with Crippen molar-refractivity contribution in [1.29, 1.82) is 0 Å². The summed E-state index contributed by atoms with van der Waals surface area (Å²) >= 11 is 0. The van der Waals surface area contributed by atoms with Gasteiger partial charge >= 0.3 is 5.97 Å². The zero-order valence-corrected chi connectivity index (χ0v) is 15.0. The van der Waals surface area contributed by atoms with Gasteiger partial charge in [-0.25, -0.2) is 0 Å². The number of aryl methyl sites for hydroxylation is 1. The van der Waals surface area contributed by atoms with Gasteiger partial charge in [-0.3, -0.25) is 9.78 Å². The quantitative estimate of drug-likeness (QED) is 0.684.